The molecule has 3 aromatic heterocycles. The Labute approximate surface area is 144 Å². The van der Waals surface area contributed by atoms with Crippen LogP contribution in [0.5, 0.6) is 0 Å². The minimum atomic E-state index is -0.348. The van der Waals surface area contributed by atoms with E-state index in [9.17, 15) is 4.39 Å². The molecule has 124 valence electrons. The number of halogens is 1. The minimum absolute atomic E-state index is 0.169. The maximum Gasteiger partial charge on any atom is 0.160 e. The third-order valence-electron chi connectivity index (χ3n) is 4.03. The van der Waals surface area contributed by atoms with Crippen molar-refractivity contribution in [1.29, 1.82) is 0 Å². The van der Waals surface area contributed by atoms with Gasteiger partial charge in [-0.05, 0) is 29.8 Å². The lowest BCUT2D eigenvalue weighted by Gasteiger charge is -2.18. The van der Waals surface area contributed by atoms with Gasteiger partial charge < -0.3 is 0 Å². The molecule has 0 amide bonds. The van der Waals surface area contributed by atoms with Gasteiger partial charge >= 0.3 is 0 Å². The Hall–Kier alpha value is -3.12. The summed E-state index contributed by atoms with van der Waals surface area (Å²) in [5, 5.41) is 11.9. The molecule has 0 bridgehead atoms. The molecule has 6 heteroatoms. The van der Waals surface area contributed by atoms with Gasteiger partial charge in [-0.1, -0.05) is 36.4 Å². The lowest BCUT2D eigenvalue weighted by Crippen LogP contribution is -2.24. The third-order valence-corrected chi connectivity index (χ3v) is 4.03. The van der Waals surface area contributed by atoms with Gasteiger partial charge in [0, 0.05) is 6.20 Å². The number of hydrogen-bond acceptors (Lipinski definition) is 4. The molecule has 0 saturated carbocycles. The predicted molar refractivity (Wildman–Crippen MR) is 92.3 cm³/mol. The third kappa shape index (κ3) is 3.25. The first-order valence-corrected chi connectivity index (χ1v) is 8.00. The van der Waals surface area contributed by atoms with Crippen molar-refractivity contribution in [2.24, 2.45) is 0 Å². The van der Waals surface area contributed by atoms with Gasteiger partial charge in [0.05, 0.1) is 24.5 Å². The van der Waals surface area contributed by atoms with E-state index >= 15 is 0 Å². The van der Waals surface area contributed by atoms with Crippen molar-refractivity contribution >= 4 is 5.65 Å². The Bertz CT molecular complexity index is 966. The van der Waals surface area contributed by atoms with Crippen LogP contribution in [0, 0.1) is 5.82 Å². The zero-order valence-corrected chi connectivity index (χ0v) is 13.4. The first-order valence-electron chi connectivity index (χ1n) is 8.00. The van der Waals surface area contributed by atoms with E-state index < -0.39 is 0 Å². The average Bonchev–Trinajstić information content (AvgIpc) is 3.07. The van der Waals surface area contributed by atoms with Gasteiger partial charge in [0.1, 0.15) is 5.82 Å². The number of benzene rings is 1. The van der Waals surface area contributed by atoms with E-state index in [-0.39, 0.29) is 11.9 Å². The lowest BCUT2D eigenvalue weighted by molar-refractivity contribution is 0.564. The van der Waals surface area contributed by atoms with Crippen LogP contribution in [0.25, 0.3) is 5.65 Å². The standard InChI is InChI=1S/C19H16FN5/c20-15-9-10-16(21-12-15)19(14-6-2-1-3-7-14)22-13-18-24-23-17-8-4-5-11-25(17)18/h1-12,19,22H,13H2/t19-/m0/s1. The lowest BCUT2D eigenvalue weighted by atomic mass is 10.0. The molecule has 1 aromatic carbocycles. The molecule has 25 heavy (non-hydrogen) atoms. The van der Waals surface area contributed by atoms with E-state index in [1.165, 1.54) is 12.3 Å². The van der Waals surface area contributed by atoms with Crippen LogP contribution in [0.1, 0.15) is 23.1 Å². The van der Waals surface area contributed by atoms with Crippen LogP contribution in [0.3, 0.4) is 0 Å². The summed E-state index contributed by atoms with van der Waals surface area (Å²) >= 11 is 0. The molecule has 3 heterocycles. The maximum absolute atomic E-state index is 13.2. The summed E-state index contributed by atoms with van der Waals surface area (Å²) in [6, 6.07) is 18.7. The fourth-order valence-electron chi connectivity index (χ4n) is 2.80. The van der Waals surface area contributed by atoms with Crippen LogP contribution in [0.2, 0.25) is 0 Å². The normalized spacial score (nSPS) is 12.4. The maximum atomic E-state index is 13.2. The van der Waals surface area contributed by atoms with Crippen LogP contribution in [-0.4, -0.2) is 19.6 Å². The van der Waals surface area contributed by atoms with Gasteiger partial charge in [-0.15, -0.1) is 10.2 Å². The molecule has 0 aliphatic rings. The van der Waals surface area contributed by atoms with Crippen molar-refractivity contribution in [3.8, 4) is 0 Å². The number of rotatable bonds is 5. The van der Waals surface area contributed by atoms with E-state index in [0.717, 1.165) is 22.7 Å². The van der Waals surface area contributed by atoms with Crippen molar-refractivity contribution in [3.63, 3.8) is 0 Å². The molecule has 4 rings (SSSR count). The highest BCUT2D eigenvalue weighted by Gasteiger charge is 2.16. The molecular formula is C19H16FN5. The zero-order chi connectivity index (χ0) is 17.1. The molecule has 5 nitrogen and oxygen atoms in total. The monoisotopic (exact) mass is 333 g/mol. The Balaban J connectivity index is 1.63. The second-order valence-corrected chi connectivity index (χ2v) is 5.67. The fourth-order valence-corrected chi connectivity index (χ4v) is 2.80. The smallest absolute Gasteiger partial charge is 0.160 e. The highest BCUT2D eigenvalue weighted by Crippen LogP contribution is 2.21. The number of pyridine rings is 2. The van der Waals surface area contributed by atoms with E-state index in [1.54, 1.807) is 6.07 Å². The van der Waals surface area contributed by atoms with Gasteiger partial charge in [-0.3, -0.25) is 14.7 Å². The Morgan fingerprint density at radius 1 is 0.960 bits per heavy atom. The highest BCUT2D eigenvalue weighted by atomic mass is 19.1. The van der Waals surface area contributed by atoms with Crippen LogP contribution >= 0.6 is 0 Å². The molecule has 0 unspecified atom stereocenters. The van der Waals surface area contributed by atoms with Crippen molar-refractivity contribution in [3.05, 3.63) is 96.0 Å². The predicted octanol–water partition coefficient (Wildman–Crippen LogP) is 3.14. The first kappa shape index (κ1) is 15.4. The summed E-state index contributed by atoms with van der Waals surface area (Å²) in [6.45, 7) is 0.504. The average molecular weight is 333 g/mol. The summed E-state index contributed by atoms with van der Waals surface area (Å²) in [4.78, 5) is 4.24. The molecule has 0 fully saturated rings. The number of aromatic nitrogens is 4. The molecule has 0 aliphatic heterocycles. The molecule has 0 spiro atoms. The van der Waals surface area contributed by atoms with Crippen molar-refractivity contribution in [2.75, 3.05) is 0 Å². The Morgan fingerprint density at radius 3 is 2.60 bits per heavy atom. The van der Waals surface area contributed by atoms with Crippen molar-refractivity contribution in [1.82, 2.24) is 24.9 Å². The summed E-state index contributed by atoms with van der Waals surface area (Å²) < 4.78 is 15.2. The summed E-state index contributed by atoms with van der Waals surface area (Å²) in [6.07, 6.45) is 3.17. The number of hydrogen-bond donors (Lipinski definition) is 1. The number of fused-ring (bicyclic) bond motifs is 1. The van der Waals surface area contributed by atoms with Crippen molar-refractivity contribution < 1.29 is 4.39 Å². The summed E-state index contributed by atoms with van der Waals surface area (Å²) in [5.74, 6) is 0.456. The molecule has 0 radical (unpaired) electrons. The summed E-state index contributed by atoms with van der Waals surface area (Å²) in [5.41, 5.74) is 2.60. The molecule has 1 N–H and O–H groups in total. The number of nitrogens with one attached hydrogen (secondary N) is 1. The van der Waals surface area contributed by atoms with Gasteiger partial charge in [0.2, 0.25) is 0 Å². The second-order valence-electron chi connectivity index (χ2n) is 5.67. The fraction of sp³-hybridized carbons (Fsp3) is 0.105. The largest absolute Gasteiger partial charge is 0.298 e. The van der Waals surface area contributed by atoms with Gasteiger partial charge in [0.15, 0.2) is 11.5 Å². The topological polar surface area (TPSA) is 55.1 Å². The molecular weight excluding hydrogens is 317 g/mol. The summed E-state index contributed by atoms with van der Waals surface area (Å²) in [7, 11) is 0. The Morgan fingerprint density at radius 2 is 1.80 bits per heavy atom. The quantitative estimate of drug-likeness (QED) is 0.610. The highest BCUT2D eigenvalue weighted by molar-refractivity contribution is 5.37. The van der Waals surface area contributed by atoms with Crippen LogP contribution in [-0.2, 0) is 6.54 Å². The second kappa shape index (κ2) is 6.78. The molecule has 0 saturated heterocycles. The van der Waals surface area contributed by atoms with Crippen LogP contribution in [0.15, 0.2) is 73.1 Å². The first-order chi connectivity index (χ1) is 12.3. The Kier molecular flexibility index (Phi) is 4.18. The van der Waals surface area contributed by atoms with Crippen LogP contribution < -0.4 is 5.32 Å². The number of nitrogens with zero attached hydrogens (tertiary/aromatic N) is 4. The molecule has 1 atom stereocenters. The zero-order valence-electron chi connectivity index (χ0n) is 13.4. The minimum Gasteiger partial charge on any atom is -0.298 e. The van der Waals surface area contributed by atoms with E-state index in [1.807, 2.05) is 59.1 Å². The van der Waals surface area contributed by atoms with E-state index in [2.05, 4.69) is 20.5 Å². The van der Waals surface area contributed by atoms with Gasteiger partial charge in [-0.2, -0.15) is 0 Å². The van der Waals surface area contributed by atoms with Crippen LogP contribution in [0.4, 0.5) is 4.39 Å². The SMILES string of the molecule is Fc1ccc([C@@H](NCc2nnc3ccccn23)c2ccccc2)nc1. The van der Waals surface area contributed by atoms with E-state index in [4.69, 9.17) is 0 Å². The van der Waals surface area contributed by atoms with Crippen molar-refractivity contribution in [2.45, 2.75) is 12.6 Å². The van der Waals surface area contributed by atoms with Gasteiger partial charge in [0.25, 0.3) is 0 Å². The molecule has 0 aliphatic carbocycles. The van der Waals surface area contributed by atoms with E-state index in [0.29, 0.717) is 6.54 Å². The molecule has 4 aromatic rings. The van der Waals surface area contributed by atoms with Gasteiger partial charge in [-0.25, -0.2) is 4.39 Å².